The van der Waals surface area contributed by atoms with Gasteiger partial charge in [-0.3, -0.25) is 0 Å². The molecule has 0 aromatic heterocycles. The minimum absolute atomic E-state index is 0.972. The quantitative estimate of drug-likeness (QED) is 0.254. The Balaban J connectivity index is -0.0000000302. The number of carbonyl (C=O) groups is 10. The number of carboxylic acids is 10. The third kappa shape index (κ3) is 2530. The zero-order chi connectivity index (χ0) is 39.2. The molecule has 0 saturated carbocycles. The molecule has 20 nitrogen and oxygen atoms in total. The number of hydrogen-bond acceptors (Lipinski definition) is 20. The fraction of sp³-hybridized carbons (Fsp3) is 0.583. The maximum absolute atomic E-state index is 8.89. The van der Waals surface area contributed by atoms with E-state index >= 15 is 0 Å². The number of hydrogen-bond donors (Lipinski definition) is 0. The average Bonchev–Trinajstić information content (AvgIpc) is 2.63. The van der Waals surface area contributed by atoms with Gasteiger partial charge in [0.2, 0.25) is 0 Å². The lowest BCUT2D eigenvalue weighted by Gasteiger charge is -1.77. The van der Waals surface area contributed by atoms with E-state index < -0.39 is 59.7 Å². The first-order chi connectivity index (χ1) is 19.2. The van der Waals surface area contributed by atoms with Crippen LogP contribution in [0.15, 0.2) is 0 Å². The lowest BCUT2D eigenvalue weighted by Crippen LogP contribution is -2.16. The second-order valence-corrected chi connectivity index (χ2v) is 5.92. The highest BCUT2D eigenvalue weighted by Gasteiger charge is 1.56. The molecule has 0 aromatic rings. The lowest BCUT2D eigenvalue weighted by molar-refractivity contribution is -0.303. The SMILES string of the molecule is CC(=O)[O-].CC(=O)[O-].CC(=O)[O-].CC(=O)[O-].CC(=O)[O-].CC(=O)[O-].CC(=O)[O-].CC(=O)[O-].CC(=O)[O-].CC(=O)[O-].CCCC. The van der Waals surface area contributed by atoms with Gasteiger partial charge in [0, 0.05) is 59.7 Å². The van der Waals surface area contributed by atoms with Crippen LogP contribution >= 0.6 is 0 Å². The fourth-order valence-electron chi connectivity index (χ4n) is 0. The fourth-order valence-corrected chi connectivity index (χ4v) is 0. The third-order valence-electron chi connectivity index (χ3n) is 0.500. The Kier molecular flexibility index (Phi) is 116. The van der Waals surface area contributed by atoms with Crippen molar-refractivity contribution in [3.05, 3.63) is 0 Å². The molecular weight excluding hydrogens is 608 g/mol. The van der Waals surface area contributed by atoms with Gasteiger partial charge in [0.1, 0.15) is 0 Å². The van der Waals surface area contributed by atoms with Gasteiger partial charge in [-0.1, -0.05) is 26.7 Å². The van der Waals surface area contributed by atoms with E-state index in [0.29, 0.717) is 0 Å². The van der Waals surface area contributed by atoms with Gasteiger partial charge >= 0.3 is 0 Å². The van der Waals surface area contributed by atoms with Crippen LogP contribution in [-0.2, 0) is 47.9 Å². The highest BCUT2D eigenvalue weighted by Crippen LogP contribution is 1.76. The molecule has 0 unspecified atom stereocenters. The van der Waals surface area contributed by atoms with E-state index in [9.17, 15) is 0 Å². The Labute approximate surface area is 255 Å². The first-order valence-electron chi connectivity index (χ1n) is 11.0. The number of rotatable bonds is 1. The number of carbonyl (C=O) groups excluding carboxylic acids is 10. The Morgan fingerprint density at radius 1 is 0.250 bits per heavy atom. The molecule has 0 rings (SSSR count). The molecule has 20 heteroatoms. The van der Waals surface area contributed by atoms with Gasteiger partial charge < -0.3 is 99.0 Å². The summed E-state index contributed by atoms with van der Waals surface area (Å²) in [7, 11) is 0. The molecule has 0 amide bonds. The second-order valence-electron chi connectivity index (χ2n) is 5.92. The summed E-state index contributed by atoms with van der Waals surface area (Å²) in [6, 6.07) is 0. The van der Waals surface area contributed by atoms with E-state index in [-0.39, 0.29) is 0 Å². The summed E-state index contributed by atoms with van der Waals surface area (Å²) in [4.78, 5) is 88.9. The molecule has 0 spiro atoms. The molecule has 0 aliphatic carbocycles. The van der Waals surface area contributed by atoms with Gasteiger partial charge in [-0.15, -0.1) is 0 Å². The van der Waals surface area contributed by atoms with Crippen molar-refractivity contribution in [1.82, 2.24) is 0 Å². The first kappa shape index (κ1) is 71.7. The predicted molar refractivity (Wildman–Crippen MR) is 127 cm³/mol. The highest BCUT2D eigenvalue weighted by molar-refractivity contribution is 5.62. The topological polar surface area (TPSA) is 401 Å². The largest absolute Gasteiger partial charge is 0.550 e. The highest BCUT2D eigenvalue weighted by atomic mass is 16.4. The second kappa shape index (κ2) is 71.2. The smallest absolute Gasteiger partial charge is 0.0383 e. The van der Waals surface area contributed by atoms with Crippen LogP contribution in [0.1, 0.15) is 95.9 Å². The zero-order valence-electron chi connectivity index (χ0n) is 26.6. The Hall–Kier alpha value is -5.30. The molecule has 0 aliphatic heterocycles. The van der Waals surface area contributed by atoms with Crippen LogP contribution in [0, 0.1) is 0 Å². The van der Waals surface area contributed by atoms with E-state index in [1.807, 2.05) is 0 Å². The summed E-state index contributed by atoms with van der Waals surface area (Å²) in [6.07, 6.45) is 2.64. The van der Waals surface area contributed by atoms with Gasteiger partial charge in [0.25, 0.3) is 0 Å². The molecule has 0 atom stereocenters. The van der Waals surface area contributed by atoms with E-state index in [1.165, 1.54) is 12.8 Å². The van der Waals surface area contributed by atoms with Crippen LogP contribution in [0.4, 0.5) is 0 Å². The Morgan fingerprint density at radius 2 is 0.273 bits per heavy atom. The summed E-state index contributed by atoms with van der Waals surface area (Å²) >= 11 is 0. The molecule has 0 aromatic carbocycles. The van der Waals surface area contributed by atoms with Crippen LogP contribution < -0.4 is 51.1 Å². The van der Waals surface area contributed by atoms with E-state index in [1.54, 1.807) is 0 Å². The summed E-state index contributed by atoms with van der Waals surface area (Å²) in [5, 5.41) is 88.9. The summed E-state index contributed by atoms with van der Waals surface area (Å²) < 4.78 is 0. The molecular formula is C24H40O20-10. The van der Waals surface area contributed by atoms with Crippen molar-refractivity contribution >= 4 is 59.7 Å². The predicted octanol–water partition coefficient (Wildman–Crippen LogP) is -10.6. The number of carboxylic acid groups (broad SMARTS) is 10. The Morgan fingerprint density at radius 3 is 0.273 bits per heavy atom. The molecule has 0 saturated heterocycles. The van der Waals surface area contributed by atoms with E-state index in [2.05, 4.69) is 13.8 Å². The van der Waals surface area contributed by atoms with Gasteiger partial charge in [-0.2, -0.15) is 0 Å². The molecule has 0 N–H and O–H groups in total. The van der Waals surface area contributed by atoms with Crippen LogP contribution in [-0.4, -0.2) is 59.7 Å². The van der Waals surface area contributed by atoms with Gasteiger partial charge in [0.05, 0.1) is 0 Å². The molecule has 0 bridgehead atoms. The maximum atomic E-state index is 8.89. The standard InChI is InChI=1S/C4H10.10C2H4O2/c1-3-4-2;10*1-2(3)4/h3-4H2,1-2H3;10*1H3,(H,3,4)/p-10. The summed E-state index contributed by atoms with van der Waals surface area (Å²) in [5.74, 6) is -10.8. The van der Waals surface area contributed by atoms with Crippen LogP contribution in [0.2, 0.25) is 0 Å². The van der Waals surface area contributed by atoms with E-state index in [0.717, 1.165) is 69.2 Å². The molecule has 44 heavy (non-hydrogen) atoms. The lowest BCUT2D eigenvalue weighted by atomic mass is 10.4. The van der Waals surface area contributed by atoms with Crippen molar-refractivity contribution in [1.29, 1.82) is 0 Å². The van der Waals surface area contributed by atoms with Crippen molar-refractivity contribution in [3.8, 4) is 0 Å². The van der Waals surface area contributed by atoms with E-state index in [4.69, 9.17) is 99.0 Å². The molecule has 0 heterocycles. The molecule has 0 aliphatic rings. The van der Waals surface area contributed by atoms with Crippen molar-refractivity contribution in [2.45, 2.75) is 95.9 Å². The van der Waals surface area contributed by atoms with Gasteiger partial charge in [0.15, 0.2) is 0 Å². The minimum atomic E-state index is -1.08. The van der Waals surface area contributed by atoms with Gasteiger partial charge in [-0.05, 0) is 69.2 Å². The van der Waals surface area contributed by atoms with Crippen LogP contribution in [0.3, 0.4) is 0 Å². The minimum Gasteiger partial charge on any atom is -0.550 e. The van der Waals surface area contributed by atoms with Crippen molar-refractivity contribution in [3.63, 3.8) is 0 Å². The molecule has 266 valence electrons. The first-order valence-corrected chi connectivity index (χ1v) is 11.0. The average molecular weight is 649 g/mol. The van der Waals surface area contributed by atoms with Gasteiger partial charge in [-0.25, -0.2) is 0 Å². The van der Waals surface area contributed by atoms with Crippen molar-refractivity contribution < 1.29 is 99.0 Å². The maximum Gasteiger partial charge on any atom is 0.0383 e. The summed E-state index contributed by atoms with van der Waals surface area (Å²) in [6.45, 7) is 14.1. The van der Waals surface area contributed by atoms with Crippen LogP contribution in [0.5, 0.6) is 0 Å². The Bertz CT molecular complexity index is 501. The molecule has 0 radical (unpaired) electrons. The summed E-state index contributed by atoms with van der Waals surface area (Å²) in [5.41, 5.74) is 0. The van der Waals surface area contributed by atoms with Crippen LogP contribution in [0.25, 0.3) is 0 Å². The van der Waals surface area contributed by atoms with Crippen molar-refractivity contribution in [2.24, 2.45) is 0 Å². The number of aliphatic carboxylic acids is 10. The third-order valence-corrected chi connectivity index (χ3v) is 0.500. The normalized spacial score (nSPS) is 6.36. The monoisotopic (exact) mass is 648 g/mol. The van der Waals surface area contributed by atoms with Crippen molar-refractivity contribution in [2.75, 3.05) is 0 Å². The number of unbranched alkanes of at least 4 members (excludes halogenated alkanes) is 1. The molecule has 0 fully saturated rings. The zero-order valence-corrected chi connectivity index (χ0v) is 26.6.